The quantitative estimate of drug-likeness (QED) is 0.576. The van der Waals surface area contributed by atoms with Gasteiger partial charge in [0.1, 0.15) is 22.3 Å². The topological polar surface area (TPSA) is 85.8 Å². The maximum absolute atomic E-state index is 13.7. The van der Waals surface area contributed by atoms with Crippen LogP contribution in [0.25, 0.3) is 0 Å². The smallest absolute Gasteiger partial charge is 0.274 e. The van der Waals surface area contributed by atoms with Crippen LogP contribution in [0, 0.1) is 6.92 Å². The number of hydrogen-bond donors (Lipinski definition) is 0. The van der Waals surface area contributed by atoms with E-state index in [0.717, 1.165) is 9.87 Å². The van der Waals surface area contributed by atoms with Crippen LogP contribution >= 0.6 is 11.6 Å². The molecule has 2 heterocycles. The van der Waals surface area contributed by atoms with Crippen molar-refractivity contribution in [2.45, 2.75) is 17.7 Å². The van der Waals surface area contributed by atoms with E-state index < -0.39 is 21.8 Å². The summed E-state index contributed by atoms with van der Waals surface area (Å²) in [6.07, 6.45) is 1.57. The summed E-state index contributed by atoms with van der Waals surface area (Å²) in [5, 5.41) is 0.395. The number of anilines is 1. The minimum absolute atomic E-state index is 0.0696. The van der Waals surface area contributed by atoms with Gasteiger partial charge in [-0.3, -0.25) is 9.78 Å². The third kappa shape index (κ3) is 3.41. The number of fused-ring (bicyclic) bond motifs is 1. The number of methoxy groups -OCH3 is 2. The summed E-state index contributed by atoms with van der Waals surface area (Å²) in [4.78, 5) is 17.8. The zero-order valence-corrected chi connectivity index (χ0v) is 18.6. The van der Waals surface area contributed by atoms with Crippen molar-refractivity contribution in [2.24, 2.45) is 0 Å². The normalized spacial score (nSPS) is 15.7. The Morgan fingerprint density at radius 3 is 2.52 bits per heavy atom. The second-order valence-corrected chi connectivity index (χ2v) is 9.16. The minimum atomic E-state index is -4.30. The van der Waals surface area contributed by atoms with Crippen LogP contribution in [-0.4, -0.2) is 33.5 Å². The summed E-state index contributed by atoms with van der Waals surface area (Å²) in [6, 6.07) is 12.6. The van der Waals surface area contributed by atoms with Crippen LogP contribution in [0.1, 0.15) is 22.7 Å². The van der Waals surface area contributed by atoms with Gasteiger partial charge in [0.25, 0.3) is 15.9 Å². The van der Waals surface area contributed by atoms with Crippen molar-refractivity contribution in [3.05, 3.63) is 76.6 Å². The summed E-state index contributed by atoms with van der Waals surface area (Å²) in [5.41, 5.74) is 1.97. The van der Waals surface area contributed by atoms with Crippen molar-refractivity contribution in [1.82, 2.24) is 4.98 Å². The van der Waals surface area contributed by atoms with E-state index in [1.807, 2.05) is 13.0 Å². The number of amides is 1. The van der Waals surface area contributed by atoms with Crippen LogP contribution in [0.15, 0.2) is 59.6 Å². The zero-order chi connectivity index (χ0) is 22.3. The maximum atomic E-state index is 13.7. The van der Waals surface area contributed by atoms with E-state index >= 15 is 0 Å². The molecule has 160 valence electrons. The van der Waals surface area contributed by atoms with Crippen LogP contribution in [0.4, 0.5) is 5.69 Å². The molecule has 0 spiro atoms. The molecule has 0 saturated carbocycles. The Bertz CT molecular complexity index is 1290. The average molecular weight is 459 g/mol. The molecular weight excluding hydrogens is 440 g/mol. The first kappa shape index (κ1) is 21.1. The Balaban J connectivity index is 1.92. The molecule has 1 unspecified atom stereocenters. The minimum Gasteiger partial charge on any atom is -0.497 e. The third-order valence-corrected chi connectivity index (χ3v) is 7.16. The van der Waals surface area contributed by atoms with Crippen LogP contribution in [0.3, 0.4) is 0 Å². The Morgan fingerprint density at radius 1 is 1.06 bits per heavy atom. The largest absolute Gasteiger partial charge is 0.497 e. The maximum Gasteiger partial charge on any atom is 0.274 e. The second kappa shape index (κ2) is 7.86. The number of aromatic nitrogens is 1. The molecule has 0 aliphatic carbocycles. The van der Waals surface area contributed by atoms with E-state index in [1.165, 1.54) is 38.5 Å². The van der Waals surface area contributed by atoms with E-state index in [4.69, 9.17) is 21.1 Å². The number of pyridine rings is 1. The molecule has 0 radical (unpaired) electrons. The lowest BCUT2D eigenvalue weighted by molar-refractivity contribution is -0.117. The van der Waals surface area contributed by atoms with Crippen LogP contribution < -0.4 is 13.8 Å². The molecule has 1 aliphatic heterocycles. The van der Waals surface area contributed by atoms with E-state index in [0.29, 0.717) is 22.0 Å². The van der Waals surface area contributed by atoms with Gasteiger partial charge in [0.05, 0.1) is 25.6 Å². The second-order valence-electron chi connectivity index (χ2n) is 6.97. The Hall–Kier alpha value is -3.10. The van der Waals surface area contributed by atoms with Gasteiger partial charge in [-0.25, -0.2) is 12.7 Å². The number of halogens is 1. The molecule has 3 aromatic rings. The molecule has 2 aromatic carbocycles. The van der Waals surface area contributed by atoms with Crippen molar-refractivity contribution >= 4 is 33.2 Å². The van der Waals surface area contributed by atoms with E-state index in [2.05, 4.69) is 4.98 Å². The molecule has 0 N–H and O–H groups in total. The highest BCUT2D eigenvalue weighted by atomic mass is 35.5. The van der Waals surface area contributed by atoms with Gasteiger partial charge in [0.2, 0.25) is 0 Å². The number of carbonyl (C=O) groups is 1. The summed E-state index contributed by atoms with van der Waals surface area (Å²) in [5.74, 6) is -1.02. The molecule has 0 fully saturated rings. The van der Waals surface area contributed by atoms with Gasteiger partial charge in [-0.1, -0.05) is 17.7 Å². The molecular formula is C22H19ClN2O5S. The number of aryl methyl sites for hydroxylation is 1. The fraction of sp³-hybridized carbons (Fsp3) is 0.182. The first-order valence-corrected chi connectivity index (χ1v) is 11.1. The molecule has 4 rings (SSSR count). The highest BCUT2D eigenvalue weighted by Crippen LogP contribution is 2.46. The van der Waals surface area contributed by atoms with Gasteiger partial charge < -0.3 is 9.47 Å². The molecule has 1 aliphatic rings. The monoisotopic (exact) mass is 458 g/mol. The number of hydrogen-bond acceptors (Lipinski definition) is 6. The number of sulfonamides is 1. The van der Waals surface area contributed by atoms with Crippen molar-refractivity contribution in [2.75, 3.05) is 18.5 Å². The molecule has 0 saturated heterocycles. The number of benzene rings is 2. The standard InChI is InChI=1S/C22H19ClN2O5S/c1-13-5-4-10-24-21(13)20-16-11-14(23)6-8-17(16)25(22(20)26)31(27,28)19-9-7-15(29-2)12-18(19)30-3/h4-12,20H,1-3H3. The summed E-state index contributed by atoms with van der Waals surface area (Å²) < 4.78 is 38.6. The first-order chi connectivity index (χ1) is 14.8. The summed E-state index contributed by atoms with van der Waals surface area (Å²) >= 11 is 6.19. The Labute approximate surface area is 185 Å². The zero-order valence-electron chi connectivity index (χ0n) is 17.0. The molecule has 1 amide bonds. The lowest BCUT2D eigenvalue weighted by Gasteiger charge is -2.20. The van der Waals surface area contributed by atoms with Gasteiger partial charge in [-0.2, -0.15) is 0 Å². The van der Waals surface area contributed by atoms with Crippen molar-refractivity contribution in [1.29, 1.82) is 0 Å². The van der Waals surface area contributed by atoms with Crippen LogP contribution in [0.2, 0.25) is 5.02 Å². The fourth-order valence-electron chi connectivity index (χ4n) is 3.71. The number of nitrogens with zero attached hydrogens (tertiary/aromatic N) is 2. The Kier molecular flexibility index (Phi) is 5.36. The third-order valence-electron chi connectivity index (χ3n) is 5.18. The predicted molar refractivity (Wildman–Crippen MR) is 116 cm³/mol. The number of rotatable bonds is 5. The molecule has 7 nitrogen and oxygen atoms in total. The molecule has 0 bridgehead atoms. The van der Waals surface area contributed by atoms with Crippen molar-refractivity contribution in [3.63, 3.8) is 0 Å². The van der Waals surface area contributed by atoms with Gasteiger partial charge >= 0.3 is 0 Å². The van der Waals surface area contributed by atoms with Gasteiger partial charge in [-0.15, -0.1) is 0 Å². The number of carbonyl (C=O) groups excluding carboxylic acids is 1. The molecule has 1 atom stereocenters. The van der Waals surface area contributed by atoms with E-state index in [1.54, 1.807) is 24.4 Å². The molecule has 31 heavy (non-hydrogen) atoms. The highest BCUT2D eigenvalue weighted by molar-refractivity contribution is 7.93. The molecule has 1 aromatic heterocycles. The average Bonchev–Trinajstić information content (AvgIpc) is 3.05. The fourth-order valence-corrected chi connectivity index (χ4v) is 5.49. The lowest BCUT2D eigenvalue weighted by Crippen LogP contribution is -2.35. The van der Waals surface area contributed by atoms with Crippen molar-refractivity contribution < 1.29 is 22.7 Å². The lowest BCUT2D eigenvalue weighted by atomic mass is 9.94. The van der Waals surface area contributed by atoms with Gasteiger partial charge in [0, 0.05) is 17.3 Å². The van der Waals surface area contributed by atoms with Crippen LogP contribution in [-0.2, 0) is 14.8 Å². The Morgan fingerprint density at radius 2 is 1.84 bits per heavy atom. The van der Waals surface area contributed by atoms with Crippen LogP contribution in [0.5, 0.6) is 11.5 Å². The summed E-state index contributed by atoms with van der Waals surface area (Å²) in [6.45, 7) is 1.82. The molecule has 9 heteroatoms. The highest BCUT2D eigenvalue weighted by Gasteiger charge is 2.46. The van der Waals surface area contributed by atoms with Gasteiger partial charge in [0.15, 0.2) is 0 Å². The van der Waals surface area contributed by atoms with E-state index in [9.17, 15) is 13.2 Å². The van der Waals surface area contributed by atoms with E-state index in [-0.39, 0.29) is 16.3 Å². The van der Waals surface area contributed by atoms with Crippen molar-refractivity contribution in [3.8, 4) is 11.5 Å². The van der Waals surface area contributed by atoms with Gasteiger partial charge in [-0.05, 0) is 54.4 Å². The predicted octanol–water partition coefficient (Wildman–Crippen LogP) is 3.93. The first-order valence-electron chi connectivity index (χ1n) is 9.31. The SMILES string of the molecule is COc1ccc(S(=O)(=O)N2C(=O)C(c3ncccc3C)c3cc(Cl)ccc32)c(OC)c1. The number of ether oxygens (including phenoxy) is 2. The summed E-state index contributed by atoms with van der Waals surface area (Å²) in [7, 11) is -1.48.